The molecule has 0 heterocycles. The average Bonchev–Trinajstić information content (AvgIpc) is 2.50. The van der Waals surface area contributed by atoms with E-state index in [0.29, 0.717) is 10.0 Å². The molecule has 2 N–H and O–H groups in total. The molecule has 1 aliphatic rings. The third-order valence-electron chi connectivity index (χ3n) is 3.88. The van der Waals surface area contributed by atoms with Crippen LogP contribution in [0, 0.1) is 0 Å². The first-order valence-corrected chi connectivity index (χ1v) is 7.81. The fourth-order valence-corrected chi connectivity index (χ4v) is 3.05. The van der Waals surface area contributed by atoms with Crippen molar-refractivity contribution < 1.29 is 9.90 Å². The number of rotatable bonds is 2. The summed E-state index contributed by atoms with van der Waals surface area (Å²) in [5, 5.41) is 12.8. The maximum atomic E-state index is 12.3. The molecule has 0 saturated carbocycles. The van der Waals surface area contributed by atoms with Gasteiger partial charge in [-0.3, -0.25) is 4.79 Å². The predicted molar refractivity (Wildman–Crippen MR) is 85.4 cm³/mol. The summed E-state index contributed by atoms with van der Waals surface area (Å²) in [6.07, 6.45) is 3.10. The summed E-state index contributed by atoms with van der Waals surface area (Å²) in [6, 6.07) is 13.2. The van der Waals surface area contributed by atoms with Crippen molar-refractivity contribution in [3.63, 3.8) is 0 Å². The van der Waals surface area contributed by atoms with Crippen molar-refractivity contribution in [2.24, 2.45) is 0 Å². The number of phenols is 1. The van der Waals surface area contributed by atoms with Crippen LogP contribution in [-0.4, -0.2) is 11.0 Å². The Hall–Kier alpha value is -1.81. The first-order chi connectivity index (χ1) is 10.1. The van der Waals surface area contributed by atoms with Gasteiger partial charge in [-0.15, -0.1) is 0 Å². The van der Waals surface area contributed by atoms with Gasteiger partial charge in [-0.1, -0.05) is 24.3 Å². The van der Waals surface area contributed by atoms with Gasteiger partial charge in [-0.2, -0.15) is 0 Å². The van der Waals surface area contributed by atoms with E-state index < -0.39 is 0 Å². The lowest BCUT2D eigenvalue weighted by Crippen LogP contribution is -2.30. The number of phenolic OH excluding ortho intramolecular Hbond substituents is 1. The molecule has 4 heteroatoms. The number of halogens is 1. The Labute approximate surface area is 132 Å². The first kappa shape index (κ1) is 14.1. The van der Waals surface area contributed by atoms with Crippen molar-refractivity contribution in [3.8, 4) is 5.75 Å². The number of benzene rings is 2. The minimum atomic E-state index is -0.153. The van der Waals surface area contributed by atoms with Gasteiger partial charge in [0.25, 0.3) is 5.91 Å². The first-order valence-electron chi connectivity index (χ1n) is 7.02. The fraction of sp³-hybridized carbons (Fsp3) is 0.235. The number of aryl methyl sites for hydroxylation is 1. The molecular weight excluding hydrogens is 330 g/mol. The molecule has 0 radical (unpaired) electrons. The van der Waals surface area contributed by atoms with Gasteiger partial charge < -0.3 is 10.4 Å². The number of hydrogen-bond acceptors (Lipinski definition) is 2. The third-order valence-corrected chi connectivity index (χ3v) is 4.55. The van der Waals surface area contributed by atoms with Crippen LogP contribution in [0.4, 0.5) is 0 Å². The molecule has 21 heavy (non-hydrogen) atoms. The third kappa shape index (κ3) is 2.95. The van der Waals surface area contributed by atoms with Crippen LogP contribution in [0.25, 0.3) is 0 Å². The zero-order valence-corrected chi connectivity index (χ0v) is 13.1. The van der Waals surface area contributed by atoms with Crippen LogP contribution in [0.15, 0.2) is 46.9 Å². The lowest BCUT2D eigenvalue weighted by Gasteiger charge is -2.26. The van der Waals surface area contributed by atoms with Crippen molar-refractivity contribution in [3.05, 3.63) is 63.6 Å². The smallest absolute Gasteiger partial charge is 0.251 e. The van der Waals surface area contributed by atoms with Crippen LogP contribution < -0.4 is 5.32 Å². The zero-order chi connectivity index (χ0) is 14.8. The highest BCUT2D eigenvalue weighted by Crippen LogP contribution is 2.30. The second-order valence-electron chi connectivity index (χ2n) is 5.28. The molecule has 0 aliphatic heterocycles. The molecule has 1 atom stereocenters. The van der Waals surface area contributed by atoms with E-state index in [1.54, 1.807) is 12.1 Å². The van der Waals surface area contributed by atoms with E-state index in [1.807, 2.05) is 12.1 Å². The Morgan fingerprint density at radius 3 is 2.86 bits per heavy atom. The Morgan fingerprint density at radius 1 is 1.24 bits per heavy atom. The molecule has 108 valence electrons. The normalized spacial score (nSPS) is 17.1. The van der Waals surface area contributed by atoms with E-state index in [1.165, 1.54) is 17.2 Å². The molecule has 1 amide bonds. The topological polar surface area (TPSA) is 49.3 Å². The molecule has 3 nitrogen and oxygen atoms in total. The second kappa shape index (κ2) is 5.90. The Balaban J connectivity index is 1.81. The number of aromatic hydroxyl groups is 1. The lowest BCUT2D eigenvalue weighted by molar-refractivity contribution is 0.0932. The van der Waals surface area contributed by atoms with Gasteiger partial charge in [0.1, 0.15) is 5.75 Å². The van der Waals surface area contributed by atoms with Crippen molar-refractivity contribution in [2.45, 2.75) is 25.3 Å². The maximum absolute atomic E-state index is 12.3. The highest BCUT2D eigenvalue weighted by molar-refractivity contribution is 9.10. The standard InChI is InChI=1S/C17H16BrNO2/c18-14-9-8-12(10-16(14)20)17(21)19-15-7-3-5-11-4-1-2-6-13(11)15/h1-2,4,6,8-10,15,20H,3,5,7H2,(H,19,21). The molecule has 0 saturated heterocycles. The Morgan fingerprint density at radius 2 is 2.05 bits per heavy atom. The van der Waals surface area contributed by atoms with Crippen LogP contribution in [0.3, 0.4) is 0 Å². The molecule has 1 aliphatic carbocycles. The molecule has 2 aromatic carbocycles. The molecule has 0 bridgehead atoms. The van der Waals surface area contributed by atoms with E-state index >= 15 is 0 Å². The summed E-state index contributed by atoms with van der Waals surface area (Å²) in [5.74, 6) is -0.0776. The SMILES string of the molecule is O=C(NC1CCCc2ccccc21)c1ccc(Br)c(O)c1. The number of carbonyl (C=O) groups excluding carboxylic acids is 1. The number of carbonyl (C=O) groups is 1. The van der Waals surface area contributed by atoms with Crippen LogP contribution in [0.2, 0.25) is 0 Å². The molecule has 1 unspecified atom stereocenters. The van der Waals surface area contributed by atoms with Gasteiger partial charge in [0.2, 0.25) is 0 Å². The molecule has 2 aromatic rings. The van der Waals surface area contributed by atoms with Crippen molar-refractivity contribution in [1.29, 1.82) is 0 Å². The summed E-state index contributed by atoms with van der Waals surface area (Å²) >= 11 is 3.22. The Bertz CT molecular complexity index is 684. The molecule has 3 rings (SSSR count). The summed E-state index contributed by atoms with van der Waals surface area (Å²) < 4.78 is 0.585. The summed E-state index contributed by atoms with van der Waals surface area (Å²) in [6.45, 7) is 0. The van der Waals surface area contributed by atoms with Crippen molar-refractivity contribution >= 4 is 21.8 Å². The van der Waals surface area contributed by atoms with Crippen LogP contribution in [0.1, 0.15) is 40.4 Å². The highest BCUT2D eigenvalue weighted by atomic mass is 79.9. The summed E-state index contributed by atoms with van der Waals surface area (Å²) in [5.41, 5.74) is 2.99. The summed E-state index contributed by atoms with van der Waals surface area (Å²) in [7, 11) is 0. The number of amides is 1. The quantitative estimate of drug-likeness (QED) is 0.865. The van der Waals surface area contributed by atoms with E-state index in [0.717, 1.165) is 19.3 Å². The summed E-state index contributed by atoms with van der Waals surface area (Å²) in [4.78, 5) is 12.3. The largest absolute Gasteiger partial charge is 0.507 e. The minimum absolute atomic E-state index is 0.0493. The molecular formula is C17H16BrNO2. The highest BCUT2D eigenvalue weighted by Gasteiger charge is 2.22. The maximum Gasteiger partial charge on any atom is 0.251 e. The van der Waals surface area contributed by atoms with E-state index in [9.17, 15) is 9.90 Å². The van der Waals surface area contributed by atoms with E-state index in [4.69, 9.17) is 0 Å². The van der Waals surface area contributed by atoms with Gasteiger partial charge in [0.15, 0.2) is 0 Å². The predicted octanol–water partition coefficient (Wildman–Crippen LogP) is 3.96. The van der Waals surface area contributed by atoms with Gasteiger partial charge in [-0.05, 0) is 64.5 Å². The molecule has 0 aromatic heterocycles. The van der Waals surface area contributed by atoms with E-state index in [2.05, 4.69) is 33.4 Å². The monoisotopic (exact) mass is 345 g/mol. The van der Waals surface area contributed by atoms with Crippen molar-refractivity contribution in [1.82, 2.24) is 5.32 Å². The fourth-order valence-electron chi connectivity index (χ4n) is 2.80. The molecule has 0 spiro atoms. The minimum Gasteiger partial charge on any atom is -0.507 e. The van der Waals surface area contributed by atoms with E-state index in [-0.39, 0.29) is 17.7 Å². The van der Waals surface area contributed by atoms with Gasteiger partial charge in [-0.25, -0.2) is 0 Å². The van der Waals surface area contributed by atoms with Gasteiger partial charge >= 0.3 is 0 Å². The zero-order valence-electron chi connectivity index (χ0n) is 11.5. The van der Waals surface area contributed by atoms with Crippen LogP contribution in [0.5, 0.6) is 5.75 Å². The van der Waals surface area contributed by atoms with Crippen LogP contribution >= 0.6 is 15.9 Å². The van der Waals surface area contributed by atoms with Crippen LogP contribution in [-0.2, 0) is 6.42 Å². The van der Waals surface area contributed by atoms with Gasteiger partial charge in [0.05, 0.1) is 10.5 Å². The second-order valence-corrected chi connectivity index (χ2v) is 6.14. The lowest BCUT2D eigenvalue weighted by atomic mass is 9.87. The average molecular weight is 346 g/mol. The Kier molecular flexibility index (Phi) is 3.97. The van der Waals surface area contributed by atoms with Gasteiger partial charge in [0, 0.05) is 5.56 Å². The number of nitrogens with one attached hydrogen (secondary N) is 1. The number of hydrogen-bond donors (Lipinski definition) is 2. The molecule has 0 fully saturated rings. The number of fused-ring (bicyclic) bond motifs is 1. The van der Waals surface area contributed by atoms with Crippen molar-refractivity contribution in [2.75, 3.05) is 0 Å².